The van der Waals surface area contributed by atoms with Crippen molar-refractivity contribution in [3.05, 3.63) is 54.1 Å². The number of nitrogens with one attached hydrogen (secondary N) is 3. The molecule has 0 aliphatic heterocycles. The molecule has 5 N–H and O–H groups in total. The van der Waals surface area contributed by atoms with Gasteiger partial charge >= 0.3 is 0 Å². The molecule has 2 aromatic rings. The van der Waals surface area contributed by atoms with Gasteiger partial charge in [-0.2, -0.15) is 0 Å². The number of anilines is 2. The molecule has 0 bridgehead atoms. The molecule has 4 amide bonds. The van der Waals surface area contributed by atoms with Crippen LogP contribution in [0.1, 0.15) is 23.2 Å². The third-order valence-corrected chi connectivity index (χ3v) is 4.27. The first-order valence-electron chi connectivity index (χ1n) is 9.41. The van der Waals surface area contributed by atoms with E-state index in [1.165, 1.54) is 12.1 Å². The molecule has 3 rings (SSSR count). The highest BCUT2D eigenvalue weighted by atomic mass is 16.5. The molecule has 0 atom stereocenters. The van der Waals surface area contributed by atoms with Gasteiger partial charge in [-0.15, -0.1) is 0 Å². The van der Waals surface area contributed by atoms with Crippen LogP contribution in [0.3, 0.4) is 0 Å². The second kappa shape index (κ2) is 9.55. The molecule has 9 nitrogen and oxygen atoms in total. The van der Waals surface area contributed by atoms with E-state index in [-0.39, 0.29) is 30.9 Å². The molecule has 1 saturated carbocycles. The van der Waals surface area contributed by atoms with E-state index in [1.807, 2.05) is 0 Å². The molecule has 1 aliphatic rings. The Morgan fingerprint density at radius 1 is 0.967 bits per heavy atom. The van der Waals surface area contributed by atoms with Gasteiger partial charge in [-0.3, -0.25) is 19.2 Å². The predicted molar refractivity (Wildman–Crippen MR) is 110 cm³/mol. The summed E-state index contributed by atoms with van der Waals surface area (Å²) in [5, 5.41) is 7.86. The SMILES string of the molecule is NC(=O)CNC(=O)c1ccc(NC(=O)COc2cccc(NC(=O)C3CC3)c2)cc1. The molecule has 1 fully saturated rings. The van der Waals surface area contributed by atoms with Gasteiger partial charge in [0.25, 0.3) is 11.8 Å². The van der Waals surface area contributed by atoms with Crippen molar-refractivity contribution in [1.29, 1.82) is 0 Å². The molecule has 1 aliphatic carbocycles. The van der Waals surface area contributed by atoms with Gasteiger partial charge < -0.3 is 26.4 Å². The first-order valence-corrected chi connectivity index (χ1v) is 9.41. The highest BCUT2D eigenvalue weighted by Crippen LogP contribution is 2.30. The standard InChI is InChI=1S/C21H22N4O5/c22-18(26)11-23-20(28)13-6-8-15(9-7-13)24-19(27)12-30-17-3-1-2-16(10-17)25-21(29)14-4-5-14/h1-3,6-10,14H,4-5,11-12H2,(H2,22,26)(H,23,28)(H,24,27)(H,25,29). The second-order valence-corrected chi connectivity index (χ2v) is 6.85. The lowest BCUT2D eigenvalue weighted by Gasteiger charge is -2.10. The highest BCUT2D eigenvalue weighted by molar-refractivity contribution is 5.97. The Bertz CT molecular complexity index is 954. The number of carbonyl (C=O) groups excluding carboxylic acids is 4. The molecule has 156 valence electrons. The van der Waals surface area contributed by atoms with E-state index in [0.717, 1.165) is 12.8 Å². The van der Waals surface area contributed by atoms with Gasteiger partial charge in [0, 0.05) is 28.9 Å². The van der Waals surface area contributed by atoms with Gasteiger partial charge in [0.15, 0.2) is 6.61 Å². The maximum atomic E-state index is 12.1. The van der Waals surface area contributed by atoms with Crippen LogP contribution in [0.5, 0.6) is 5.75 Å². The summed E-state index contributed by atoms with van der Waals surface area (Å²) in [5.74, 6) is -0.905. The molecule has 2 aromatic carbocycles. The average molecular weight is 410 g/mol. The number of amides is 4. The number of carbonyl (C=O) groups is 4. The van der Waals surface area contributed by atoms with Gasteiger partial charge in [-0.05, 0) is 49.2 Å². The zero-order chi connectivity index (χ0) is 21.5. The van der Waals surface area contributed by atoms with E-state index >= 15 is 0 Å². The fourth-order valence-corrected chi connectivity index (χ4v) is 2.57. The zero-order valence-corrected chi connectivity index (χ0v) is 16.1. The Hall–Kier alpha value is -3.88. The van der Waals surface area contributed by atoms with Crippen LogP contribution in [0.4, 0.5) is 11.4 Å². The average Bonchev–Trinajstić information content (AvgIpc) is 3.57. The molecule has 0 aromatic heterocycles. The van der Waals surface area contributed by atoms with Gasteiger partial charge in [0.05, 0.1) is 6.54 Å². The Labute approximate surface area is 173 Å². The number of hydrogen-bond acceptors (Lipinski definition) is 5. The normalized spacial score (nSPS) is 12.5. The van der Waals surface area contributed by atoms with Crippen LogP contribution in [0, 0.1) is 5.92 Å². The summed E-state index contributed by atoms with van der Waals surface area (Å²) in [6.45, 7) is -0.471. The van der Waals surface area contributed by atoms with Crippen LogP contribution in [-0.4, -0.2) is 36.8 Å². The van der Waals surface area contributed by atoms with Crippen LogP contribution in [0.2, 0.25) is 0 Å². The van der Waals surface area contributed by atoms with E-state index in [0.29, 0.717) is 22.7 Å². The summed E-state index contributed by atoms with van der Waals surface area (Å²) in [7, 11) is 0. The van der Waals surface area contributed by atoms with Crippen LogP contribution in [-0.2, 0) is 14.4 Å². The number of rotatable bonds is 9. The maximum Gasteiger partial charge on any atom is 0.262 e. The van der Waals surface area contributed by atoms with Crippen LogP contribution >= 0.6 is 0 Å². The Morgan fingerprint density at radius 3 is 2.37 bits per heavy atom. The predicted octanol–water partition coefficient (Wildman–Crippen LogP) is 1.27. The van der Waals surface area contributed by atoms with Crippen molar-refractivity contribution < 1.29 is 23.9 Å². The van der Waals surface area contributed by atoms with Gasteiger partial charge in [-0.1, -0.05) is 6.07 Å². The Balaban J connectivity index is 1.47. The van der Waals surface area contributed by atoms with Crippen LogP contribution < -0.4 is 26.4 Å². The quantitative estimate of drug-likeness (QED) is 0.493. The fraction of sp³-hybridized carbons (Fsp3) is 0.238. The van der Waals surface area contributed by atoms with E-state index in [4.69, 9.17) is 10.5 Å². The van der Waals surface area contributed by atoms with E-state index in [1.54, 1.807) is 36.4 Å². The van der Waals surface area contributed by atoms with Gasteiger partial charge in [0.2, 0.25) is 11.8 Å². The van der Waals surface area contributed by atoms with Crippen molar-refractivity contribution >= 4 is 35.0 Å². The third-order valence-electron chi connectivity index (χ3n) is 4.27. The zero-order valence-electron chi connectivity index (χ0n) is 16.1. The lowest BCUT2D eigenvalue weighted by molar-refractivity contribution is -0.118. The minimum absolute atomic E-state index is 0.00310. The molecule has 0 radical (unpaired) electrons. The number of ether oxygens (including phenoxy) is 1. The topological polar surface area (TPSA) is 140 Å². The molecular weight excluding hydrogens is 388 g/mol. The van der Waals surface area contributed by atoms with Crippen molar-refractivity contribution in [2.24, 2.45) is 11.7 Å². The van der Waals surface area contributed by atoms with Crippen molar-refractivity contribution in [3.8, 4) is 5.75 Å². The first kappa shape index (κ1) is 20.8. The molecule has 30 heavy (non-hydrogen) atoms. The summed E-state index contributed by atoms with van der Waals surface area (Å²) in [4.78, 5) is 46.5. The Morgan fingerprint density at radius 2 is 1.70 bits per heavy atom. The fourth-order valence-electron chi connectivity index (χ4n) is 2.57. The van der Waals surface area contributed by atoms with E-state index in [2.05, 4.69) is 16.0 Å². The smallest absolute Gasteiger partial charge is 0.262 e. The molecule has 0 saturated heterocycles. The lowest BCUT2D eigenvalue weighted by atomic mass is 10.2. The monoisotopic (exact) mass is 410 g/mol. The second-order valence-electron chi connectivity index (χ2n) is 6.85. The Kier molecular flexibility index (Phi) is 6.63. The van der Waals surface area contributed by atoms with Crippen molar-refractivity contribution in [2.45, 2.75) is 12.8 Å². The lowest BCUT2D eigenvalue weighted by Crippen LogP contribution is -2.33. The number of primary amides is 1. The molecular formula is C21H22N4O5. The third kappa shape index (κ3) is 6.33. The summed E-state index contributed by atoms with van der Waals surface area (Å²) >= 11 is 0. The number of benzene rings is 2. The summed E-state index contributed by atoms with van der Waals surface area (Å²) in [5.41, 5.74) is 6.42. The van der Waals surface area contributed by atoms with Crippen LogP contribution in [0.15, 0.2) is 48.5 Å². The summed E-state index contributed by atoms with van der Waals surface area (Å²) in [6.07, 6.45) is 1.84. The van der Waals surface area contributed by atoms with Crippen molar-refractivity contribution in [3.63, 3.8) is 0 Å². The minimum atomic E-state index is -0.636. The molecule has 9 heteroatoms. The van der Waals surface area contributed by atoms with E-state index in [9.17, 15) is 19.2 Å². The van der Waals surface area contributed by atoms with E-state index < -0.39 is 11.8 Å². The van der Waals surface area contributed by atoms with Crippen molar-refractivity contribution in [1.82, 2.24) is 5.32 Å². The maximum absolute atomic E-state index is 12.1. The van der Waals surface area contributed by atoms with Crippen LogP contribution in [0.25, 0.3) is 0 Å². The first-order chi connectivity index (χ1) is 14.4. The van der Waals surface area contributed by atoms with Gasteiger partial charge in [0.1, 0.15) is 5.75 Å². The van der Waals surface area contributed by atoms with Crippen molar-refractivity contribution in [2.75, 3.05) is 23.8 Å². The number of nitrogens with two attached hydrogens (primary N) is 1. The largest absolute Gasteiger partial charge is 0.484 e. The molecule has 0 unspecified atom stereocenters. The van der Waals surface area contributed by atoms with Gasteiger partial charge in [-0.25, -0.2) is 0 Å². The molecule has 0 spiro atoms. The summed E-state index contributed by atoms with van der Waals surface area (Å²) in [6, 6.07) is 13.0. The summed E-state index contributed by atoms with van der Waals surface area (Å²) < 4.78 is 5.48. The minimum Gasteiger partial charge on any atom is -0.484 e. The molecule has 0 heterocycles. The highest BCUT2D eigenvalue weighted by Gasteiger charge is 2.29. The number of hydrogen-bond donors (Lipinski definition) is 4.